The van der Waals surface area contributed by atoms with Crippen LogP contribution in [0.4, 0.5) is 0 Å². The number of hydrogen-bond donors (Lipinski definition) is 0. The molecule has 3 aliphatic carbocycles. The Kier molecular flexibility index (Phi) is 2.68. The van der Waals surface area contributed by atoms with E-state index in [4.69, 9.17) is 4.74 Å². The molecule has 3 atom stereocenters. The van der Waals surface area contributed by atoms with Gasteiger partial charge in [0.25, 0.3) is 0 Å². The molecule has 0 aromatic rings. The van der Waals surface area contributed by atoms with E-state index >= 15 is 0 Å². The molecule has 3 heteroatoms. The number of ketones is 1. The highest BCUT2D eigenvalue weighted by Crippen LogP contribution is 2.60. The number of rotatable bonds is 2. The molecule has 0 saturated heterocycles. The minimum absolute atomic E-state index is 0.0726. The lowest BCUT2D eigenvalue weighted by atomic mass is 9.48. The van der Waals surface area contributed by atoms with Gasteiger partial charge in [0.15, 0.2) is 0 Å². The maximum absolute atomic E-state index is 12.2. The zero-order chi connectivity index (χ0) is 12.8. The van der Waals surface area contributed by atoms with Crippen molar-refractivity contribution in [3.05, 3.63) is 12.2 Å². The van der Waals surface area contributed by atoms with Gasteiger partial charge in [0, 0.05) is 11.8 Å². The Hall–Kier alpha value is -1.12. The van der Waals surface area contributed by atoms with E-state index in [2.05, 4.69) is 6.58 Å². The second-order valence-electron chi connectivity index (χ2n) is 5.60. The van der Waals surface area contributed by atoms with Crippen LogP contribution < -0.4 is 0 Å². The minimum atomic E-state index is -0.670. The second kappa shape index (κ2) is 3.69. The molecule has 2 bridgehead atoms. The zero-order valence-corrected chi connectivity index (χ0v) is 10.8. The third-order valence-electron chi connectivity index (χ3n) is 4.85. The summed E-state index contributed by atoms with van der Waals surface area (Å²) in [5, 5.41) is 0. The first-order chi connectivity index (χ1) is 7.87. The Balaban J connectivity index is 2.41. The fourth-order valence-corrected chi connectivity index (χ4v) is 3.36. The number of fused-ring (bicyclic) bond motifs is 3. The zero-order valence-electron chi connectivity index (χ0n) is 10.8. The maximum atomic E-state index is 12.2. The van der Waals surface area contributed by atoms with Crippen LogP contribution in [0, 0.1) is 16.7 Å². The second-order valence-corrected chi connectivity index (χ2v) is 5.60. The standard InChI is InChI=1S/C14H20O3/c1-5-17-12(16)14(4)9(2)13(3)7-6-10(14)8-11(13)15/h10H,2,5-8H2,1,3-4H3/t10-,13-,14-/m0/s1. The van der Waals surface area contributed by atoms with Crippen LogP contribution in [-0.4, -0.2) is 18.4 Å². The Labute approximate surface area is 102 Å². The number of hydrogen-bond acceptors (Lipinski definition) is 3. The fourth-order valence-electron chi connectivity index (χ4n) is 3.36. The molecule has 3 nitrogen and oxygen atoms in total. The first kappa shape index (κ1) is 12.3. The normalized spacial score (nSPS) is 40.5. The Morgan fingerprint density at radius 3 is 2.71 bits per heavy atom. The monoisotopic (exact) mass is 236 g/mol. The molecule has 3 aliphatic rings. The lowest BCUT2D eigenvalue weighted by Crippen LogP contribution is -2.56. The molecule has 17 heavy (non-hydrogen) atoms. The molecule has 0 amide bonds. The molecular weight excluding hydrogens is 216 g/mol. The van der Waals surface area contributed by atoms with Gasteiger partial charge in [-0.15, -0.1) is 0 Å². The van der Waals surface area contributed by atoms with Gasteiger partial charge in [-0.1, -0.05) is 6.58 Å². The van der Waals surface area contributed by atoms with Crippen LogP contribution in [0.2, 0.25) is 0 Å². The Bertz CT molecular complexity index is 398. The van der Waals surface area contributed by atoms with Crippen LogP contribution >= 0.6 is 0 Å². The van der Waals surface area contributed by atoms with Crippen molar-refractivity contribution in [2.75, 3.05) is 6.61 Å². The van der Waals surface area contributed by atoms with Gasteiger partial charge < -0.3 is 4.74 Å². The van der Waals surface area contributed by atoms with E-state index in [9.17, 15) is 9.59 Å². The SMILES string of the molecule is C=C1[C@]2(C)CC[C@@H](CC2=O)[C@@]1(C)C(=O)OCC. The number of ether oxygens (including phenoxy) is 1. The first-order valence-corrected chi connectivity index (χ1v) is 6.27. The molecule has 0 unspecified atom stereocenters. The van der Waals surface area contributed by atoms with Gasteiger partial charge in [-0.2, -0.15) is 0 Å². The highest BCUT2D eigenvalue weighted by Gasteiger charge is 2.60. The number of esters is 1. The predicted octanol–water partition coefficient (Wildman–Crippen LogP) is 2.50. The van der Waals surface area contributed by atoms with Gasteiger partial charge >= 0.3 is 5.97 Å². The highest BCUT2D eigenvalue weighted by molar-refractivity contribution is 5.95. The minimum Gasteiger partial charge on any atom is -0.465 e. The van der Waals surface area contributed by atoms with Crippen molar-refractivity contribution in [1.29, 1.82) is 0 Å². The van der Waals surface area contributed by atoms with Crippen molar-refractivity contribution in [3.63, 3.8) is 0 Å². The van der Waals surface area contributed by atoms with E-state index in [0.29, 0.717) is 13.0 Å². The first-order valence-electron chi connectivity index (χ1n) is 6.27. The van der Waals surface area contributed by atoms with Crippen LogP contribution in [-0.2, 0) is 14.3 Å². The van der Waals surface area contributed by atoms with E-state index in [-0.39, 0.29) is 17.7 Å². The van der Waals surface area contributed by atoms with Gasteiger partial charge in [0.2, 0.25) is 0 Å². The summed E-state index contributed by atoms with van der Waals surface area (Å²) in [5.41, 5.74) is -0.427. The van der Waals surface area contributed by atoms with E-state index in [1.807, 2.05) is 13.8 Å². The molecule has 0 aromatic carbocycles. The molecule has 0 N–H and O–H groups in total. The molecule has 3 rings (SSSR count). The van der Waals surface area contributed by atoms with E-state index in [1.165, 1.54) is 0 Å². The van der Waals surface area contributed by atoms with E-state index < -0.39 is 10.8 Å². The van der Waals surface area contributed by atoms with Gasteiger partial charge in [0.1, 0.15) is 5.78 Å². The van der Waals surface area contributed by atoms with Crippen molar-refractivity contribution in [2.24, 2.45) is 16.7 Å². The summed E-state index contributed by atoms with van der Waals surface area (Å²) in [6, 6.07) is 0. The molecule has 0 spiro atoms. The van der Waals surface area contributed by atoms with Crippen LogP contribution in [0.1, 0.15) is 40.0 Å². The molecule has 0 heterocycles. The van der Waals surface area contributed by atoms with Gasteiger partial charge in [0.05, 0.1) is 12.0 Å². The third kappa shape index (κ3) is 1.41. The van der Waals surface area contributed by atoms with Crippen molar-refractivity contribution < 1.29 is 14.3 Å². The summed E-state index contributed by atoms with van der Waals surface area (Å²) in [4.78, 5) is 24.2. The highest BCUT2D eigenvalue weighted by atomic mass is 16.5. The lowest BCUT2D eigenvalue weighted by molar-refractivity contribution is -0.163. The molecule has 0 radical (unpaired) electrons. The summed E-state index contributed by atoms with van der Waals surface area (Å²) in [7, 11) is 0. The number of Topliss-reactive ketones (excluding diaryl/α,β-unsaturated/α-hetero) is 1. The van der Waals surface area contributed by atoms with Gasteiger partial charge in [-0.05, 0) is 45.1 Å². The number of carbonyl (C=O) groups excluding carboxylic acids is 2. The molecule has 0 aliphatic heterocycles. The molecular formula is C14H20O3. The average molecular weight is 236 g/mol. The van der Waals surface area contributed by atoms with Crippen molar-refractivity contribution in [1.82, 2.24) is 0 Å². The third-order valence-corrected chi connectivity index (χ3v) is 4.85. The molecule has 3 saturated carbocycles. The van der Waals surface area contributed by atoms with Gasteiger partial charge in [-0.3, -0.25) is 9.59 Å². The summed E-state index contributed by atoms with van der Waals surface area (Å²) in [6.45, 7) is 10.0. The summed E-state index contributed by atoms with van der Waals surface area (Å²) in [6.07, 6.45) is 2.23. The summed E-state index contributed by atoms with van der Waals surface area (Å²) in [5.74, 6) is 0.0947. The molecule has 0 aromatic heterocycles. The molecule has 3 fully saturated rings. The van der Waals surface area contributed by atoms with Crippen molar-refractivity contribution >= 4 is 11.8 Å². The quantitative estimate of drug-likeness (QED) is 0.546. The molecule has 94 valence electrons. The van der Waals surface area contributed by atoms with Crippen LogP contribution in [0.3, 0.4) is 0 Å². The fraction of sp³-hybridized carbons (Fsp3) is 0.714. The van der Waals surface area contributed by atoms with E-state index in [0.717, 1.165) is 18.4 Å². The average Bonchev–Trinajstić information content (AvgIpc) is 2.29. The largest absolute Gasteiger partial charge is 0.465 e. The van der Waals surface area contributed by atoms with Crippen LogP contribution in [0.25, 0.3) is 0 Å². The maximum Gasteiger partial charge on any atom is 0.316 e. The Morgan fingerprint density at radius 2 is 2.18 bits per heavy atom. The number of carbonyl (C=O) groups is 2. The van der Waals surface area contributed by atoms with Crippen molar-refractivity contribution in [2.45, 2.75) is 40.0 Å². The topological polar surface area (TPSA) is 43.4 Å². The van der Waals surface area contributed by atoms with Crippen molar-refractivity contribution in [3.8, 4) is 0 Å². The van der Waals surface area contributed by atoms with Crippen LogP contribution in [0.5, 0.6) is 0 Å². The summed E-state index contributed by atoms with van der Waals surface area (Å²) >= 11 is 0. The smallest absolute Gasteiger partial charge is 0.316 e. The van der Waals surface area contributed by atoms with Gasteiger partial charge in [-0.25, -0.2) is 0 Å². The lowest BCUT2D eigenvalue weighted by Gasteiger charge is -2.54. The predicted molar refractivity (Wildman–Crippen MR) is 64.3 cm³/mol. The Morgan fingerprint density at radius 1 is 1.53 bits per heavy atom. The summed E-state index contributed by atoms with van der Waals surface area (Å²) < 4.78 is 5.18. The van der Waals surface area contributed by atoms with Crippen LogP contribution in [0.15, 0.2) is 12.2 Å². The van der Waals surface area contributed by atoms with E-state index in [1.54, 1.807) is 6.92 Å².